The fraction of sp³-hybridized carbons (Fsp3) is 0.733. The van der Waals surface area contributed by atoms with Crippen molar-refractivity contribution in [1.82, 2.24) is 0 Å². The van der Waals surface area contributed by atoms with Gasteiger partial charge in [0.05, 0.1) is 11.3 Å². The molecule has 0 spiro atoms. The molecular formula is C30H40O8. The molecule has 2 saturated carbocycles. The second-order valence-electron chi connectivity index (χ2n) is 13.6. The van der Waals surface area contributed by atoms with Crippen molar-refractivity contribution in [2.45, 2.75) is 93.1 Å². The van der Waals surface area contributed by atoms with Gasteiger partial charge < -0.3 is 10.2 Å². The van der Waals surface area contributed by atoms with E-state index in [0.717, 1.165) is 0 Å². The van der Waals surface area contributed by atoms with Crippen LogP contribution in [0, 0.1) is 45.3 Å². The monoisotopic (exact) mass is 528 g/mol. The number of rotatable bonds is 6. The van der Waals surface area contributed by atoms with E-state index in [9.17, 15) is 33.9 Å². The molecule has 2 N–H and O–H groups in total. The topological polar surface area (TPSA) is 143 Å². The van der Waals surface area contributed by atoms with Crippen LogP contribution in [0.3, 0.4) is 0 Å². The number of hydrogen-bond acceptors (Lipinski definition) is 7. The molecule has 4 aliphatic carbocycles. The van der Waals surface area contributed by atoms with Gasteiger partial charge in [0.1, 0.15) is 23.5 Å². The number of carboxylic acid groups (broad SMARTS) is 1. The lowest BCUT2D eigenvalue weighted by molar-refractivity contribution is -0.158. The maximum absolute atomic E-state index is 14.1. The van der Waals surface area contributed by atoms with Crippen molar-refractivity contribution < 1.29 is 39.0 Å². The highest BCUT2D eigenvalue weighted by Gasteiger charge is 2.73. The second-order valence-corrected chi connectivity index (χ2v) is 13.6. The summed E-state index contributed by atoms with van der Waals surface area (Å²) in [5.74, 6) is -4.60. The number of fused-ring (bicyclic) bond motifs is 4. The van der Waals surface area contributed by atoms with Crippen LogP contribution < -0.4 is 0 Å². The maximum atomic E-state index is 14.1. The Morgan fingerprint density at radius 2 is 1.53 bits per heavy atom. The number of carbonyl (C=O) groups is 6. The van der Waals surface area contributed by atoms with Crippen molar-refractivity contribution in [2.75, 3.05) is 0 Å². The van der Waals surface area contributed by atoms with Gasteiger partial charge in [-0.2, -0.15) is 0 Å². The van der Waals surface area contributed by atoms with E-state index in [4.69, 9.17) is 5.11 Å². The van der Waals surface area contributed by atoms with E-state index in [1.165, 1.54) is 6.92 Å². The minimum absolute atomic E-state index is 0.00839. The second kappa shape index (κ2) is 8.77. The number of carbonyl (C=O) groups excluding carboxylic acids is 5. The molecule has 8 atom stereocenters. The zero-order valence-electron chi connectivity index (χ0n) is 23.5. The Kier molecular flexibility index (Phi) is 6.58. The largest absolute Gasteiger partial charge is 0.481 e. The fourth-order valence-electron chi connectivity index (χ4n) is 8.67. The van der Waals surface area contributed by atoms with Crippen LogP contribution in [0.1, 0.15) is 87.0 Å². The molecule has 8 heteroatoms. The van der Waals surface area contributed by atoms with Crippen LogP contribution in [0.25, 0.3) is 0 Å². The van der Waals surface area contributed by atoms with Crippen LogP contribution >= 0.6 is 0 Å². The molecule has 0 heterocycles. The molecule has 0 bridgehead atoms. The van der Waals surface area contributed by atoms with E-state index in [0.29, 0.717) is 6.42 Å². The zero-order chi connectivity index (χ0) is 28.7. The SMILES string of the molecule is CC(CC(=O)C[C@@H](C)[C@H]1CC(=O)[C@@]2(C)C3=C(C(=O)[C@@H](O)[C@]12C)[C@@]1(C)CCC(=O)C(C)(C)C1CC3=O)C(=O)O. The molecule has 4 rings (SSSR count). The van der Waals surface area contributed by atoms with Crippen LogP contribution in [-0.2, 0) is 28.8 Å². The van der Waals surface area contributed by atoms with Crippen LogP contribution in [-0.4, -0.2) is 51.2 Å². The normalized spacial score (nSPS) is 39.8. The average Bonchev–Trinajstić information content (AvgIpc) is 3.03. The highest BCUT2D eigenvalue weighted by Crippen LogP contribution is 2.69. The van der Waals surface area contributed by atoms with Gasteiger partial charge in [-0.15, -0.1) is 0 Å². The molecule has 2 fully saturated rings. The van der Waals surface area contributed by atoms with Crippen LogP contribution in [0.15, 0.2) is 11.1 Å². The first-order chi connectivity index (χ1) is 17.4. The van der Waals surface area contributed by atoms with Crippen molar-refractivity contribution in [3.8, 4) is 0 Å². The Balaban J connectivity index is 1.81. The number of carboxylic acids is 1. The van der Waals surface area contributed by atoms with Crippen molar-refractivity contribution in [3.05, 3.63) is 11.1 Å². The quantitative estimate of drug-likeness (QED) is 0.533. The van der Waals surface area contributed by atoms with Gasteiger partial charge in [-0.05, 0) is 31.1 Å². The zero-order valence-corrected chi connectivity index (χ0v) is 23.5. The molecule has 0 saturated heterocycles. The minimum Gasteiger partial charge on any atom is -0.481 e. The van der Waals surface area contributed by atoms with Gasteiger partial charge in [-0.25, -0.2) is 0 Å². The van der Waals surface area contributed by atoms with Crippen molar-refractivity contribution >= 4 is 34.9 Å². The van der Waals surface area contributed by atoms with Gasteiger partial charge in [0.25, 0.3) is 0 Å². The van der Waals surface area contributed by atoms with E-state index in [1.807, 2.05) is 20.8 Å². The van der Waals surface area contributed by atoms with E-state index in [1.54, 1.807) is 20.8 Å². The summed E-state index contributed by atoms with van der Waals surface area (Å²) in [6.45, 7) is 12.1. The van der Waals surface area contributed by atoms with Crippen LogP contribution in [0.5, 0.6) is 0 Å². The lowest BCUT2D eigenvalue weighted by Gasteiger charge is -2.59. The molecular weight excluding hydrogens is 488 g/mol. The first kappa shape index (κ1) is 28.5. The Labute approximate surface area is 223 Å². The Morgan fingerprint density at radius 3 is 2.11 bits per heavy atom. The number of Topliss-reactive ketones (excluding diaryl/α,β-unsaturated/α-hetero) is 5. The first-order valence-corrected chi connectivity index (χ1v) is 13.7. The van der Waals surface area contributed by atoms with Gasteiger partial charge in [-0.1, -0.05) is 41.5 Å². The predicted octanol–water partition coefficient (Wildman–Crippen LogP) is 3.52. The number of aliphatic carboxylic acids is 1. The van der Waals surface area contributed by atoms with Crippen molar-refractivity contribution in [1.29, 1.82) is 0 Å². The molecule has 0 radical (unpaired) electrons. The standard InChI is InChI=1S/C30H40O8/c1-14(10-16(31)11-15(2)26(37)38)17-12-21(34)30(7)22-18(32)13-19-27(3,4)20(33)8-9-28(19,5)23(22)24(35)25(36)29(17,30)6/h14-15,17,19,25,36H,8-13H2,1-7H3,(H,37,38)/t14-,15?,17-,19?,25-,28+,29+,30+/m1/s1. The summed E-state index contributed by atoms with van der Waals surface area (Å²) < 4.78 is 0. The lowest BCUT2D eigenvalue weighted by Crippen LogP contribution is -2.64. The first-order valence-electron chi connectivity index (χ1n) is 13.7. The number of ketones is 5. The molecule has 4 aliphatic rings. The van der Waals surface area contributed by atoms with E-state index >= 15 is 0 Å². The molecule has 38 heavy (non-hydrogen) atoms. The van der Waals surface area contributed by atoms with Gasteiger partial charge in [-0.3, -0.25) is 28.8 Å². The van der Waals surface area contributed by atoms with E-state index < -0.39 is 63.2 Å². The molecule has 2 unspecified atom stereocenters. The smallest absolute Gasteiger partial charge is 0.306 e. The summed E-state index contributed by atoms with van der Waals surface area (Å²) in [4.78, 5) is 78.5. The maximum Gasteiger partial charge on any atom is 0.306 e. The fourth-order valence-corrected chi connectivity index (χ4v) is 8.67. The minimum atomic E-state index is -1.55. The number of aliphatic hydroxyl groups is 1. The average molecular weight is 529 g/mol. The van der Waals surface area contributed by atoms with Crippen molar-refractivity contribution in [3.63, 3.8) is 0 Å². The Hall–Kier alpha value is -2.48. The molecule has 208 valence electrons. The van der Waals surface area contributed by atoms with Crippen molar-refractivity contribution in [2.24, 2.45) is 45.3 Å². The highest BCUT2D eigenvalue weighted by molar-refractivity contribution is 6.18. The number of hydrogen-bond donors (Lipinski definition) is 2. The van der Waals surface area contributed by atoms with Gasteiger partial charge in [0.15, 0.2) is 11.6 Å². The summed E-state index contributed by atoms with van der Waals surface area (Å²) in [5.41, 5.74) is -3.95. The molecule has 0 aromatic rings. The van der Waals surface area contributed by atoms with Gasteiger partial charge >= 0.3 is 5.97 Å². The number of allylic oxidation sites excluding steroid dienone is 1. The van der Waals surface area contributed by atoms with Gasteiger partial charge in [0.2, 0.25) is 0 Å². The summed E-state index contributed by atoms with van der Waals surface area (Å²) in [5, 5.41) is 20.9. The summed E-state index contributed by atoms with van der Waals surface area (Å²) >= 11 is 0. The molecule has 0 aromatic carbocycles. The molecule has 0 amide bonds. The third-order valence-electron chi connectivity index (χ3n) is 11.3. The Bertz CT molecular complexity index is 1190. The third kappa shape index (κ3) is 3.51. The molecule has 0 aromatic heterocycles. The van der Waals surface area contributed by atoms with E-state index in [2.05, 4.69) is 0 Å². The third-order valence-corrected chi connectivity index (χ3v) is 11.3. The van der Waals surface area contributed by atoms with Crippen LogP contribution in [0.4, 0.5) is 0 Å². The van der Waals surface area contributed by atoms with Gasteiger partial charge in [0, 0.05) is 59.5 Å². The summed E-state index contributed by atoms with van der Waals surface area (Å²) in [6, 6.07) is 0. The summed E-state index contributed by atoms with van der Waals surface area (Å²) in [7, 11) is 0. The van der Waals surface area contributed by atoms with Crippen LogP contribution in [0.2, 0.25) is 0 Å². The van der Waals surface area contributed by atoms with E-state index in [-0.39, 0.29) is 66.4 Å². The molecule has 0 aliphatic heterocycles. The molecule has 8 nitrogen and oxygen atoms in total. The lowest BCUT2D eigenvalue weighted by atomic mass is 9.42. The number of aliphatic hydroxyl groups excluding tert-OH is 1. The predicted molar refractivity (Wildman–Crippen MR) is 137 cm³/mol. The Morgan fingerprint density at radius 1 is 0.921 bits per heavy atom. The summed E-state index contributed by atoms with van der Waals surface area (Å²) in [6.07, 6.45) is -0.983. The highest BCUT2D eigenvalue weighted by atomic mass is 16.4.